The fraction of sp³-hybridized carbons (Fsp3) is 0.286. The molecule has 7 heteroatoms. The lowest BCUT2D eigenvalue weighted by Crippen LogP contribution is -2.29. The third-order valence-corrected chi connectivity index (χ3v) is 5.23. The maximum Gasteiger partial charge on any atom is 0.230 e. The Hall–Kier alpha value is -2.80. The number of rotatable bonds is 8. The highest BCUT2D eigenvalue weighted by atomic mass is 32.2. The number of carbonyl (C=O) groups excluding carboxylic acids is 1. The van der Waals surface area contributed by atoms with Gasteiger partial charge in [-0.2, -0.15) is 0 Å². The van der Waals surface area contributed by atoms with E-state index in [1.54, 1.807) is 7.11 Å². The molecule has 0 spiro atoms. The third kappa shape index (κ3) is 5.13. The molecule has 0 bridgehead atoms. The van der Waals surface area contributed by atoms with Gasteiger partial charge in [0.2, 0.25) is 11.1 Å². The van der Waals surface area contributed by atoms with Crippen molar-refractivity contribution in [1.29, 1.82) is 0 Å². The molecule has 2 aromatic carbocycles. The number of thioether (sulfide) groups is 1. The van der Waals surface area contributed by atoms with Crippen LogP contribution in [0.25, 0.3) is 11.4 Å². The van der Waals surface area contributed by atoms with Crippen molar-refractivity contribution < 1.29 is 9.53 Å². The SMILES string of the molecule is CC[C@@H](NC(=O)CSc1n[nH]c(-c2ccc(OC)cc2)n1)c1ccc(C)cc1. The van der Waals surface area contributed by atoms with Crippen molar-refractivity contribution in [2.24, 2.45) is 0 Å². The molecule has 0 aliphatic heterocycles. The first kappa shape index (κ1) is 19.9. The van der Waals surface area contributed by atoms with Crippen molar-refractivity contribution in [2.45, 2.75) is 31.5 Å². The van der Waals surface area contributed by atoms with E-state index in [0.717, 1.165) is 23.3 Å². The number of aromatic amines is 1. The van der Waals surface area contributed by atoms with Gasteiger partial charge in [-0.15, -0.1) is 5.10 Å². The van der Waals surface area contributed by atoms with Crippen LogP contribution in [0.4, 0.5) is 0 Å². The van der Waals surface area contributed by atoms with Crippen molar-refractivity contribution in [2.75, 3.05) is 12.9 Å². The number of nitrogens with one attached hydrogen (secondary N) is 2. The predicted molar refractivity (Wildman–Crippen MR) is 111 cm³/mol. The van der Waals surface area contributed by atoms with E-state index in [9.17, 15) is 4.79 Å². The minimum absolute atomic E-state index is 0.00991. The van der Waals surface area contributed by atoms with Crippen LogP contribution in [0.2, 0.25) is 0 Å². The highest BCUT2D eigenvalue weighted by Crippen LogP contribution is 2.22. The maximum atomic E-state index is 12.4. The fourth-order valence-electron chi connectivity index (χ4n) is 2.77. The Kier molecular flexibility index (Phi) is 6.71. The number of H-pyrrole nitrogens is 1. The van der Waals surface area contributed by atoms with E-state index in [1.807, 2.05) is 24.3 Å². The van der Waals surface area contributed by atoms with Gasteiger partial charge in [0, 0.05) is 5.56 Å². The van der Waals surface area contributed by atoms with Gasteiger partial charge in [-0.05, 0) is 43.2 Å². The van der Waals surface area contributed by atoms with E-state index in [2.05, 4.69) is 58.6 Å². The minimum Gasteiger partial charge on any atom is -0.497 e. The highest BCUT2D eigenvalue weighted by Gasteiger charge is 2.14. The number of benzene rings is 2. The average Bonchev–Trinajstić information content (AvgIpc) is 3.20. The second-order valence-electron chi connectivity index (χ2n) is 6.42. The summed E-state index contributed by atoms with van der Waals surface area (Å²) in [4.78, 5) is 16.8. The summed E-state index contributed by atoms with van der Waals surface area (Å²) in [6.45, 7) is 4.12. The number of aryl methyl sites for hydroxylation is 1. The van der Waals surface area contributed by atoms with Crippen LogP contribution in [0.15, 0.2) is 53.7 Å². The second-order valence-corrected chi connectivity index (χ2v) is 7.37. The lowest BCUT2D eigenvalue weighted by molar-refractivity contribution is -0.119. The zero-order chi connectivity index (χ0) is 19.9. The largest absolute Gasteiger partial charge is 0.497 e. The first-order valence-electron chi connectivity index (χ1n) is 9.14. The Balaban J connectivity index is 1.55. The molecule has 2 N–H and O–H groups in total. The molecule has 146 valence electrons. The Morgan fingerprint density at radius 3 is 2.54 bits per heavy atom. The Bertz CT molecular complexity index is 907. The van der Waals surface area contributed by atoms with Gasteiger partial charge >= 0.3 is 0 Å². The monoisotopic (exact) mass is 396 g/mol. The molecule has 28 heavy (non-hydrogen) atoms. The first-order valence-corrected chi connectivity index (χ1v) is 10.1. The maximum absolute atomic E-state index is 12.4. The predicted octanol–water partition coefficient (Wildman–Crippen LogP) is 4.15. The minimum atomic E-state index is -0.0341. The number of ether oxygens (including phenoxy) is 1. The highest BCUT2D eigenvalue weighted by molar-refractivity contribution is 7.99. The van der Waals surface area contributed by atoms with Gasteiger partial charge in [0.1, 0.15) is 5.75 Å². The lowest BCUT2D eigenvalue weighted by atomic mass is 10.0. The molecule has 0 radical (unpaired) electrons. The molecule has 0 aliphatic rings. The molecule has 0 aliphatic carbocycles. The third-order valence-electron chi connectivity index (χ3n) is 4.38. The molecule has 1 heterocycles. The van der Waals surface area contributed by atoms with Crippen LogP contribution in [-0.4, -0.2) is 34.0 Å². The Labute approximate surface area is 169 Å². The molecule has 3 aromatic rings. The van der Waals surface area contributed by atoms with E-state index in [4.69, 9.17) is 4.74 Å². The standard InChI is InChI=1S/C21H24N4O2S/c1-4-18(15-7-5-14(2)6-8-15)22-19(26)13-28-21-23-20(24-25-21)16-9-11-17(27-3)12-10-16/h5-12,18H,4,13H2,1-3H3,(H,22,26)(H,23,24,25)/t18-/m1/s1. The molecule has 0 fully saturated rings. The van der Waals surface area contributed by atoms with Gasteiger partial charge < -0.3 is 10.1 Å². The topological polar surface area (TPSA) is 79.9 Å². The molecular formula is C21H24N4O2S. The summed E-state index contributed by atoms with van der Waals surface area (Å²) in [5.74, 6) is 1.68. The lowest BCUT2D eigenvalue weighted by Gasteiger charge is -2.17. The van der Waals surface area contributed by atoms with E-state index < -0.39 is 0 Å². The Morgan fingerprint density at radius 1 is 1.18 bits per heavy atom. The molecule has 6 nitrogen and oxygen atoms in total. The van der Waals surface area contributed by atoms with Gasteiger partial charge in [-0.1, -0.05) is 48.5 Å². The van der Waals surface area contributed by atoms with Crippen LogP contribution in [0.1, 0.15) is 30.5 Å². The Morgan fingerprint density at radius 2 is 1.89 bits per heavy atom. The molecule has 1 aromatic heterocycles. The van der Waals surface area contributed by atoms with Gasteiger partial charge in [-0.3, -0.25) is 9.89 Å². The number of carbonyl (C=O) groups is 1. The molecule has 1 atom stereocenters. The van der Waals surface area contributed by atoms with Crippen LogP contribution in [0.3, 0.4) is 0 Å². The van der Waals surface area contributed by atoms with E-state index in [-0.39, 0.29) is 17.7 Å². The van der Waals surface area contributed by atoms with Crippen LogP contribution in [0, 0.1) is 6.92 Å². The average molecular weight is 397 g/mol. The van der Waals surface area contributed by atoms with E-state index in [1.165, 1.54) is 17.3 Å². The van der Waals surface area contributed by atoms with Gasteiger partial charge in [-0.25, -0.2) is 4.98 Å². The number of methoxy groups -OCH3 is 1. The van der Waals surface area contributed by atoms with Gasteiger partial charge in [0.05, 0.1) is 18.9 Å². The second kappa shape index (κ2) is 9.41. The number of hydrogen-bond donors (Lipinski definition) is 2. The summed E-state index contributed by atoms with van der Waals surface area (Å²) < 4.78 is 5.16. The summed E-state index contributed by atoms with van der Waals surface area (Å²) in [5.41, 5.74) is 3.24. The summed E-state index contributed by atoms with van der Waals surface area (Å²) in [6, 6.07) is 15.8. The fourth-order valence-corrected chi connectivity index (χ4v) is 3.38. The van der Waals surface area contributed by atoms with Crippen molar-refractivity contribution in [3.63, 3.8) is 0 Å². The van der Waals surface area contributed by atoms with Crippen molar-refractivity contribution >= 4 is 17.7 Å². The number of amides is 1. The summed E-state index contributed by atoms with van der Waals surface area (Å²) in [6.07, 6.45) is 0.835. The molecular weight excluding hydrogens is 372 g/mol. The summed E-state index contributed by atoms with van der Waals surface area (Å²) in [7, 11) is 1.63. The van der Waals surface area contributed by atoms with Crippen LogP contribution in [0.5, 0.6) is 5.75 Å². The molecule has 0 unspecified atom stereocenters. The van der Waals surface area contributed by atoms with Crippen LogP contribution < -0.4 is 10.1 Å². The summed E-state index contributed by atoms with van der Waals surface area (Å²) in [5, 5.41) is 10.7. The van der Waals surface area contributed by atoms with Crippen molar-refractivity contribution in [3.05, 3.63) is 59.7 Å². The zero-order valence-corrected chi connectivity index (χ0v) is 17.0. The van der Waals surface area contributed by atoms with Crippen LogP contribution in [-0.2, 0) is 4.79 Å². The van der Waals surface area contributed by atoms with E-state index in [0.29, 0.717) is 11.0 Å². The first-order chi connectivity index (χ1) is 13.6. The van der Waals surface area contributed by atoms with Crippen molar-refractivity contribution in [3.8, 4) is 17.1 Å². The van der Waals surface area contributed by atoms with Crippen molar-refractivity contribution in [1.82, 2.24) is 20.5 Å². The molecule has 0 saturated heterocycles. The van der Waals surface area contributed by atoms with E-state index >= 15 is 0 Å². The zero-order valence-electron chi connectivity index (χ0n) is 16.2. The number of aromatic nitrogens is 3. The number of nitrogens with zero attached hydrogens (tertiary/aromatic N) is 2. The molecule has 1 amide bonds. The normalized spacial score (nSPS) is 11.8. The smallest absolute Gasteiger partial charge is 0.230 e. The van der Waals surface area contributed by atoms with Crippen LogP contribution >= 0.6 is 11.8 Å². The number of hydrogen-bond acceptors (Lipinski definition) is 5. The summed E-state index contributed by atoms with van der Waals surface area (Å²) >= 11 is 1.31. The van der Waals surface area contributed by atoms with Gasteiger partial charge in [0.25, 0.3) is 0 Å². The molecule has 0 saturated carbocycles. The molecule has 3 rings (SSSR count). The van der Waals surface area contributed by atoms with Gasteiger partial charge in [0.15, 0.2) is 5.82 Å². The quantitative estimate of drug-likeness (QED) is 0.559.